The Bertz CT molecular complexity index is 718. The van der Waals surface area contributed by atoms with Crippen molar-refractivity contribution in [2.24, 2.45) is 10.9 Å². The molecule has 0 aliphatic heterocycles. The molecule has 6 nitrogen and oxygen atoms in total. The first kappa shape index (κ1) is 25.4. The summed E-state index contributed by atoms with van der Waals surface area (Å²) in [6.45, 7) is 10.2. The SMILES string of the molecule is CCNC(=NCCCOCC(C)C)NCCc1ccn(-c2ccc(F)cc2)n1.I. The maximum Gasteiger partial charge on any atom is 0.191 e. The van der Waals surface area contributed by atoms with Crippen molar-refractivity contribution in [1.82, 2.24) is 20.4 Å². The van der Waals surface area contributed by atoms with Gasteiger partial charge >= 0.3 is 0 Å². The molecule has 0 bridgehead atoms. The first-order valence-electron chi connectivity index (χ1n) is 9.99. The highest BCUT2D eigenvalue weighted by molar-refractivity contribution is 14.0. The highest BCUT2D eigenvalue weighted by Gasteiger charge is 2.03. The summed E-state index contributed by atoms with van der Waals surface area (Å²) in [7, 11) is 0. The maximum atomic E-state index is 13.0. The fourth-order valence-corrected chi connectivity index (χ4v) is 2.56. The van der Waals surface area contributed by atoms with Gasteiger partial charge in [0.15, 0.2) is 5.96 Å². The molecule has 0 saturated carbocycles. The molecule has 1 heterocycles. The smallest absolute Gasteiger partial charge is 0.191 e. The van der Waals surface area contributed by atoms with Gasteiger partial charge in [-0.2, -0.15) is 5.10 Å². The lowest BCUT2D eigenvalue weighted by molar-refractivity contribution is 0.109. The standard InChI is InChI=1S/C21H32FN5O.HI/c1-4-23-21(24-12-5-15-28-16-17(2)3)25-13-10-19-11-14-27(26-19)20-8-6-18(22)7-9-20;/h6-9,11,14,17H,4-5,10,12-13,15-16H2,1-3H3,(H2,23,24,25);1H. The van der Waals surface area contributed by atoms with E-state index in [4.69, 9.17) is 4.74 Å². The first-order chi connectivity index (χ1) is 13.6. The highest BCUT2D eigenvalue weighted by Crippen LogP contribution is 2.09. The molecule has 0 spiro atoms. The molecule has 1 aromatic heterocycles. The second-order valence-corrected chi connectivity index (χ2v) is 6.99. The van der Waals surface area contributed by atoms with Gasteiger partial charge < -0.3 is 15.4 Å². The Balaban J connectivity index is 0.00000420. The van der Waals surface area contributed by atoms with E-state index in [9.17, 15) is 4.39 Å². The Morgan fingerprint density at radius 1 is 1.21 bits per heavy atom. The minimum Gasteiger partial charge on any atom is -0.381 e. The van der Waals surface area contributed by atoms with Crippen molar-refractivity contribution in [2.75, 3.05) is 32.8 Å². The molecule has 2 aromatic rings. The number of aliphatic imine (C=N–C) groups is 1. The van der Waals surface area contributed by atoms with Crippen molar-refractivity contribution >= 4 is 29.9 Å². The van der Waals surface area contributed by atoms with Crippen LogP contribution in [0.4, 0.5) is 4.39 Å². The second-order valence-electron chi connectivity index (χ2n) is 6.99. The summed E-state index contributed by atoms with van der Waals surface area (Å²) in [6.07, 6.45) is 3.57. The van der Waals surface area contributed by atoms with Gasteiger partial charge in [-0.3, -0.25) is 4.99 Å². The Hall–Kier alpha value is -1.68. The molecule has 2 N–H and O–H groups in total. The number of ether oxygens (including phenoxy) is 1. The van der Waals surface area contributed by atoms with Crippen LogP contribution in [0.25, 0.3) is 5.69 Å². The van der Waals surface area contributed by atoms with Crippen LogP contribution in [0.2, 0.25) is 0 Å². The molecule has 0 fully saturated rings. The number of rotatable bonds is 11. The van der Waals surface area contributed by atoms with E-state index in [1.165, 1.54) is 12.1 Å². The van der Waals surface area contributed by atoms with Gasteiger partial charge in [-0.1, -0.05) is 13.8 Å². The van der Waals surface area contributed by atoms with Crippen LogP contribution in [0.3, 0.4) is 0 Å². The average molecular weight is 517 g/mol. The maximum absolute atomic E-state index is 13.0. The van der Waals surface area contributed by atoms with Gasteiger partial charge in [-0.05, 0) is 49.6 Å². The molecular weight excluding hydrogens is 484 g/mol. The van der Waals surface area contributed by atoms with Crippen molar-refractivity contribution in [3.63, 3.8) is 0 Å². The van der Waals surface area contributed by atoms with Gasteiger partial charge in [-0.15, -0.1) is 24.0 Å². The van der Waals surface area contributed by atoms with Crippen molar-refractivity contribution in [3.05, 3.63) is 48.0 Å². The Labute approximate surface area is 190 Å². The van der Waals surface area contributed by atoms with E-state index in [0.29, 0.717) is 5.92 Å². The quantitative estimate of drug-likeness (QED) is 0.206. The summed E-state index contributed by atoms with van der Waals surface area (Å²) in [5, 5.41) is 11.1. The van der Waals surface area contributed by atoms with E-state index in [2.05, 4.69) is 34.6 Å². The van der Waals surface area contributed by atoms with E-state index in [1.807, 2.05) is 19.2 Å². The lowest BCUT2D eigenvalue weighted by Gasteiger charge is -2.11. The fourth-order valence-electron chi connectivity index (χ4n) is 2.56. The molecule has 0 radical (unpaired) electrons. The van der Waals surface area contributed by atoms with Crippen LogP contribution < -0.4 is 10.6 Å². The van der Waals surface area contributed by atoms with Crippen LogP contribution >= 0.6 is 24.0 Å². The summed E-state index contributed by atoms with van der Waals surface area (Å²) in [5.41, 5.74) is 1.81. The van der Waals surface area contributed by atoms with Crippen LogP contribution in [0.5, 0.6) is 0 Å². The zero-order chi connectivity index (χ0) is 20.2. The topological polar surface area (TPSA) is 63.5 Å². The van der Waals surface area contributed by atoms with Gasteiger partial charge in [0.25, 0.3) is 0 Å². The van der Waals surface area contributed by atoms with Crippen LogP contribution in [0.15, 0.2) is 41.5 Å². The van der Waals surface area contributed by atoms with Crippen molar-refractivity contribution < 1.29 is 9.13 Å². The molecule has 29 heavy (non-hydrogen) atoms. The zero-order valence-corrected chi connectivity index (χ0v) is 19.9. The third-order valence-electron chi connectivity index (χ3n) is 3.92. The average Bonchev–Trinajstić information content (AvgIpc) is 3.13. The van der Waals surface area contributed by atoms with Gasteiger partial charge in [0.1, 0.15) is 5.82 Å². The number of hydrogen-bond donors (Lipinski definition) is 2. The number of hydrogen-bond acceptors (Lipinski definition) is 3. The molecule has 2 rings (SSSR count). The predicted molar refractivity (Wildman–Crippen MR) is 127 cm³/mol. The molecule has 0 saturated heterocycles. The number of nitrogens with one attached hydrogen (secondary N) is 2. The first-order valence-corrected chi connectivity index (χ1v) is 9.99. The molecule has 0 aliphatic rings. The van der Waals surface area contributed by atoms with E-state index < -0.39 is 0 Å². The monoisotopic (exact) mass is 517 g/mol. The molecule has 0 unspecified atom stereocenters. The van der Waals surface area contributed by atoms with E-state index in [-0.39, 0.29) is 29.8 Å². The van der Waals surface area contributed by atoms with Gasteiger partial charge in [0.2, 0.25) is 0 Å². The number of halogens is 2. The Morgan fingerprint density at radius 3 is 2.66 bits per heavy atom. The van der Waals surface area contributed by atoms with Gasteiger partial charge in [0.05, 0.1) is 11.4 Å². The lowest BCUT2D eigenvalue weighted by Crippen LogP contribution is -2.38. The number of benzene rings is 1. The number of nitrogens with zero attached hydrogens (tertiary/aromatic N) is 3. The molecule has 0 amide bonds. The normalized spacial score (nSPS) is 11.4. The van der Waals surface area contributed by atoms with E-state index in [0.717, 1.165) is 63.0 Å². The summed E-state index contributed by atoms with van der Waals surface area (Å²) in [6, 6.07) is 8.27. The van der Waals surface area contributed by atoms with Crippen molar-refractivity contribution in [3.8, 4) is 5.69 Å². The molecule has 8 heteroatoms. The van der Waals surface area contributed by atoms with E-state index in [1.54, 1.807) is 16.8 Å². The Morgan fingerprint density at radius 2 is 1.97 bits per heavy atom. The summed E-state index contributed by atoms with van der Waals surface area (Å²) >= 11 is 0. The fraction of sp³-hybridized carbons (Fsp3) is 0.524. The molecular formula is C21H33FIN5O. The van der Waals surface area contributed by atoms with Crippen LogP contribution in [0.1, 0.15) is 32.9 Å². The summed E-state index contributed by atoms with van der Waals surface area (Å²) < 4.78 is 20.4. The molecule has 1 aromatic carbocycles. The van der Waals surface area contributed by atoms with Crippen LogP contribution in [0, 0.1) is 11.7 Å². The largest absolute Gasteiger partial charge is 0.381 e. The summed E-state index contributed by atoms with van der Waals surface area (Å²) in [4.78, 5) is 4.58. The predicted octanol–water partition coefficient (Wildman–Crippen LogP) is 3.79. The van der Waals surface area contributed by atoms with Crippen LogP contribution in [-0.4, -0.2) is 48.6 Å². The minimum atomic E-state index is -0.248. The van der Waals surface area contributed by atoms with Gasteiger partial charge in [0, 0.05) is 45.5 Å². The number of aromatic nitrogens is 2. The zero-order valence-electron chi connectivity index (χ0n) is 17.5. The Kier molecular flexibility index (Phi) is 12.5. The number of guanidine groups is 1. The lowest BCUT2D eigenvalue weighted by atomic mass is 10.2. The van der Waals surface area contributed by atoms with Gasteiger partial charge in [-0.25, -0.2) is 9.07 Å². The third kappa shape index (κ3) is 10.1. The molecule has 0 atom stereocenters. The summed E-state index contributed by atoms with van der Waals surface area (Å²) in [5.74, 6) is 1.13. The highest BCUT2D eigenvalue weighted by atomic mass is 127. The van der Waals surface area contributed by atoms with E-state index >= 15 is 0 Å². The third-order valence-corrected chi connectivity index (χ3v) is 3.92. The van der Waals surface area contributed by atoms with Crippen molar-refractivity contribution in [1.29, 1.82) is 0 Å². The minimum absolute atomic E-state index is 0. The molecule has 162 valence electrons. The van der Waals surface area contributed by atoms with Crippen LogP contribution in [-0.2, 0) is 11.2 Å². The second kappa shape index (κ2) is 14.3. The van der Waals surface area contributed by atoms with Crippen molar-refractivity contribution in [2.45, 2.75) is 33.6 Å². The molecule has 0 aliphatic carbocycles.